The van der Waals surface area contributed by atoms with Crippen molar-refractivity contribution < 1.29 is 18.4 Å². The molecule has 0 fully saturated rings. The van der Waals surface area contributed by atoms with Crippen LogP contribution in [-0.2, 0) is 11.3 Å². The number of hydrogen-bond acceptors (Lipinski definition) is 4. The van der Waals surface area contributed by atoms with Gasteiger partial charge < -0.3 is 14.6 Å². The molecule has 1 heterocycles. The number of ether oxygens (including phenoxy) is 1. The highest BCUT2D eigenvalue weighted by atomic mass is 35.5. The van der Waals surface area contributed by atoms with Gasteiger partial charge in [0, 0.05) is 23.8 Å². The van der Waals surface area contributed by atoms with Crippen molar-refractivity contribution in [1.29, 1.82) is 0 Å². The smallest absolute Gasteiger partial charge is 0.273 e. The van der Waals surface area contributed by atoms with Gasteiger partial charge in [0.25, 0.3) is 5.91 Å². The molecule has 2 aromatic rings. The molecule has 1 N–H and O–H groups in total. The molecule has 1 unspecified atom stereocenters. The van der Waals surface area contributed by atoms with Gasteiger partial charge in [-0.1, -0.05) is 28.4 Å². The molecular formula is C14H13Cl2FN2O3. The third-order valence-electron chi connectivity index (χ3n) is 2.91. The number of hydrogen-bond donors (Lipinski definition) is 1. The molecule has 118 valence electrons. The quantitative estimate of drug-likeness (QED) is 0.837. The predicted molar refractivity (Wildman–Crippen MR) is 79.5 cm³/mol. The molecule has 0 saturated carbocycles. The molecule has 0 spiro atoms. The summed E-state index contributed by atoms with van der Waals surface area (Å²) in [5, 5.41) is 6.41. The van der Waals surface area contributed by atoms with Gasteiger partial charge in [0.15, 0.2) is 11.5 Å². The number of benzene rings is 1. The summed E-state index contributed by atoms with van der Waals surface area (Å²) in [7, 11) is 1.50. The van der Waals surface area contributed by atoms with E-state index in [9.17, 15) is 9.18 Å². The number of aromatic nitrogens is 1. The lowest BCUT2D eigenvalue weighted by atomic mass is 10.1. The van der Waals surface area contributed by atoms with Gasteiger partial charge in [-0.3, -0.25) is 4.79 Å². The molecule has 0 radical (unpaired) electrons. The van der Waals surface area contributed by atoms with Gasteiger partial charge in [0.2, 0.25) is 0 Å². The zero-order valence-electron chi connectivity index (χ0n) is 11.8. The fourth-order valence-electron chi connectivity index (χ4n) is 1.87. The predicted octanol–water partition coefficient (Wildman–Crippen LogP) is 3.76. The Labute approximate surface area is 136 Å². The molecule has 1 aromatic heterocycles. The van der Waals surface area contributed by atoms with E-state index in [-0.39, 0.29) is 27.9 Å². The molecule has 0 aliphatic heterocycles. The lowest BCUT2D eigenvalue weighted by Crippen LogP contribution is -2.27. The maximum Gasteiger partial charge on any atom is 0.273 e. The third-order valence-corrected chi connectivity index (χ3v) is 3.41. The van der Waals surface area contributed by atoms with E-state index in [2.05, 4.69) is 10.5 Å². The van der Waals surface area contributed by atoms with Crippen molar-refractivity contribution in [2.24, 2.45) is 0 Å². The van der Waals surface area contributed by atoms with Crippen molar-refractivity contribution in [3.8, 4) is 0 Å². The van der Waals surface area contributed by atoms with Crippen LogP contribution in [-0.4, -0.2) is 18.2 Å². The number of carbonyl (C=O) groups is 1. The summed E-state index contributed by atoms with van der Waals surface area (Å²) in [6.07, 6.45) is 0. The lowest BCUT2D eigenvalue weighted by molar-refractivity contribution is 0.0929. The van der Waals surface area contributed by atoms with E-state index in [0.29, 0.717) is 5.76 Å². The Morgan fingerprint density at radius 3 is 2.86 bits per heavy atom. The molecule has 1 aromatic carbocycles. The first kappa shape index (κ1) is 16.7. The second-order valence-corrected chi connectivity index (χ2v) is 5.44. The number of rotatable bonds is 5. The van der Waals surface area contributed by atoms with Crippen molar-refractivity contribution >= 4 is 29.1 Å². The Morgan fingerprint density at radius 1 is 1.45 bits per heavy atom. The molecule has 0 aliphatic rings. The highest BCUT2D eigenvalue weighted by Crippen LogP contribution is 2.28. The summed E-state index contributed by atoms with van der Waals surface area (Å²) >= 11 is 11.6. The molecule has 22 heavy (non-hydrogen) atoms. The number of amides is 1. The SMILES string of the molecule is COCc1cc(C(=O)NC(C)c2cc(Cl)cc(Cl)c2F)no1. The fourth-order valence-corrected chi connectivity index (χ4v) is 2.38. The average Bonchev–Trinajstić information content (AvgIpc) is 2.91. The molecule has 0 saturated heterocycles. The van der Waals surface area contributed by atoms with Crippen LogP contribution in [0.4, 0.5) is 4.39 Å². The van der Waals surface area contributed by atoms with Gasteiger partial charge in [-0.05, 0) is 19.1 Å². The van der Waals surface area contributed by atoms with E-state index < -0.39 is 17.8 Å². The minimum absolute atomic E-state index is 0.0763. The van der Waals surface area contributed by atoms with Gasteiger partial charge >= 0.3 is 0 Å². The van der Waals surface area contributed by atoms with Crippen LogP contribution in [0, 0.1) is 5.82 Å². The summed E-state index contributed by atoms with van der Waals surface area (Å²) in [5.74, 6) is -0.717. The van der Waals surface area contributed by atoms with Crippen molar-refractivity contribution in [2.45, 2.75) is 19.6 Å². The summed E-state index contributed by atoms with van der Waals surface area (Å²) in [5.41, 5.74) is 0.263. The number of carbonyl (C=O) groups excluding carboxylic acids is 1. The first-order valence-electron chi connectivity index (χ1n) is 6.32. The zero-order chi connectivity index (χ0) is 16.3. The first-order chi connectivity index (χ1) is 10.4. The summed E-state index contributed by atoms with van der Waals surface area (Å²) in [6.45, 7) is 1.81. The van der Waals surface area contributed by atoms with Crippen molar-refractivity contribution in [2.75, 3.05) is 7.11 Å². The number of nitrogens with zero attached hydrogens (tertiary/aromatic N) is 1. The number of nitrogens with one attached hydrogen (secondary N) is 1. The Morgan fingerprint density at radius 2 is 2.18 bits per heavy atom. The van der Waals surface area contributed by atoms with E-state index in [1.807, 2.05) is 0 Å². The lowest BCUT2D eigenvalue weighted by Gasteiger charge is -2.15. The van der Waals surface area contributed by atoms with E-state index in [0.717, 1.165) is 0 Å². The number of halogens is 3. The molecule has 1 amide bonds. The van der Waals surface area contributed by atoms with Crippen LogP contribution in [0.15, 0.2) is 22.7 Å². The molecule has 8 heteroatoms. The van der Waals surface area contributed by atoms with Gasteiger partial charge in [-0.15, -0.1) is 0 Å². The molecule has 5 nitrogen and oxygen atoms in total. The standard InChI is InChI=1S/C14H13Cl2FN2O3/c1-7(10-3-8(15)4-11(16)13(10)17)18-14(20)12-5-9(6-21-2)22-19-12/h3-5,7H,6H2,1-2H3,(H,18,20). The Bertz CT molecular complexity index is 691. The highest BCUT2D eigenvalue weighted by Gasteiger charge is 2.19. The fraction of sp³-hybridized carbons (Fsp3) is 0.286. The second kappa shape index (κ2) is 7.09. The Hall–Kier alpha value is -1.63. The maximum absolute atomic E-state index is 14.0. The van der Waals surface area contributed by atoms with Crippen LogP contribution in [0.5, 0.6) is 0 Å². The van der Waals surface area contributed by atoms with E-state index >= 15 is 0 Å². The molecule has 0 bridgehead atoms. The van der Waals surface area contributed by atoms with Crippen molar-refractivity contribution in [1.82, 2.24) is 10.5 Å². The van der Waals surface area contributed by atoms with E-state index in [4.69, 9.17) is 32.5 Å². The van der Waals surface area contributed by atoms with Crippen molar-refractivity contribution in [3.05, 3.63) is 51.1 Å². The Kier molecular flexibility index (Phi) is 5.39. The summed E-state index contributed by atoms with van der Waals surface area (Å²) in [6, 6.07) is 3.51. The minimum Gasteiger partial charge on any atom is -0.377 e. The second-order valence-electron chi connectivity index (χ2n) is 4.60. The molecular weight excluding hydrogens is 334 g/mol. The van der Waals surface area contributed by atoms with Crippen LogP contribution in [0.3, 0.4) is 0 Å². The first-order valence-corrected chi connectivity index (χ1v) is 7.07. The molecule has 2 rings (SSSR count). The van der Waals surface area contributed by atoms with Crippen LogP contribution >= 0.6 is 23.2 Å². The van der Waals surface area contributed by atoms with Gasteiger partial charge in [0.05, 0.1) is 11.1 Å². The average molecular weight is 347 g/mol. The van der Waals surface area contributed by atoms with Gasteiger partial charge in [-0.25, -0.2) is 4.39 Å². The normalized spacial score (nSPS) is 12.2. The van der Waals surface area contributed by atoms with Crippen LogP contribution < -0.4 is 5.32 Å². The van der Waals surface area contributed by atoms with Crippen LogP contribution in [0.25, 0.3) is 0 Å². The van der Waals surface area contributed by atoms with Gasteiger partial charge in [0.1, 0.15) is 12.4 Å². The minimum atomic E-state index is -0.647. The van der Waals surface area contributed by atoms with Crippen LogP contribution in [0.1, 0.15) is 34.8 Å². The topological polar surface area (TPSA) is 64.4 Å². The maximum atomic E-state index is 14.0. The molecule has 0 aliphatic carbocycles. The number of methoxy groups -OCH3 is 1. The summed E-state index contributed by atoms with van der Waals surface area (Å²) in [4.78, 5) is 12.1. The van der Waals surface area contributed by atoms with Crippen LogP contribution in [0.2, 0.25) is 10.0 Å². The molecule has 1 atom stereocenters. The Balaban J connectivity index is 2.14. The van der Waals surface area contributed by atoms with Gasteiger partial charge in [-0.2, -0.15) is 0 Å². The van der Waals surface area contributed by atoms with E-state index in [1.54, 1.807) is 6.92 Å². The largest absolute Gasteiger partial charge is 0.377 e. The monoisotopic (exact) mass is 346 g/mol. The van der Waals surface area contributed by atoms with E-state index in [1.165, 1.54) is 25.3 Å². The van der Waals surface area contributed by atoms with Crippen molar-refractivity contribution in [3.63, 3.8) is 0 Å². The summed E-state index contributed by atoms with van der Waals surface area (Å²) < 4.78 is 23.8. The third kappa shape index (κ3) is 3.76. The highest BCUT2D eigenvalue weighted by molar-refractivity contribution is 6.34. The zero-order valence-corrected chi connectivity index (χ0v) is 13.3.